The Bertz CT molecular complexity index is 487. The molecule has 0 aliphatic heterocycles. The number of furan rings is 1. The summed E-state index contributed by atoms with van der Waals surface area (Å²) in [6.45, 7) is 7.69. The number of fused-ring (bicyclic) bond motifs is 1. The lowest BCUT2D eigenvalue weighted by Gasteiger charge is -2.25. The van der Waals surface area contributed by atoms with Crippen LogP contribution in [0.15, 0.2) is 34.7 Å². The third-order valence-electron chi connectivity index (χ3n) is 3.85. The summed E-state index contributed by atoms with van der Waals surface area (Å²) in [4.78, 5) is 2.48. The van der Waals surface area contributed by atoms with E-state index in [1.165, 1.54) is 18.2 Å². The molecule has 1 heterocycles. The fraction of sp³-hybridized carbons (Fsp3) is 0.529. The lowest BCUT2D eigenvalue weighted by molar-refractivity contribution is 0.243. The number of unbranched alkanes of at least 4 members (excludes halogenated alkanes) is 1. The van der Waals surface area contributed by atoms with Crippen molar-refractivity contribution in [2.24, 2.45) is 0 Å². The van der Waals surface area contributed by atoms with Gasteiger partial charge in [0.15, 0.2) is 0 Å². The van der Waals surface area contributed by atoms with Crippen LogP contribution in [0.2, 0.25) is 0 Å². The predicted molar refractivity (Wildman–Crippen MR) is 85.0 cm³/mol. The van der Waals surface area contributed by atoms with E-state index in [0.717, 1.165) is 31.0 Å². The van der Waals surface area contributed by atoms with Gasteiger partial charge in [0.05, 0.1) is 6.04 Å². The number of nitrogens with zero attached hydrogens (tertiary/aromatic N) is 1. The van der Waals surface area contributed by atoms with Gasteiger partial charge in [0.1, 0.15) is 11.3 Å². The molecule has 0 aliphatic rings. The second-order valence-corrected chi connectivity index (χ2v) is 5.27. The van der Waals surface area contributed by atoms with E-state index >= 15 is 0 Å². The molecule has 3 heteroatoms. The molecule has 0 bridgehead atoms. The lowest BCUT2D eigenvalue weighted by Crippen LogP contribution is -2.34. The van der Waals surface area contributed by atoms with Gasteiger partial charge in [-0.05, 0) is 38.7 Å². The summed E-state index contributed by atoms with van der Waals surface area (Å²) < 4.78 is 5.98. The third kappa shape index (κ3) is 3.62. The topological polar surface area (TPSA) is 28.4 Å². The highest BCUT2D eigenvalue weighted by atomic mass is 16.3. The Morgan fingerprint density at radius 2 is 2.05 bits per heavy atom. The Labute approximate surface area is 122 Å². The normalized spacial score (nSPS) is 13.2. The van der Waals surface area contributed by atoms with E-state index in [4.69, 9.17) is 4.42 Å². The molecular weight excluding hydrogens is 248 g/mol. The zero-order chi connectivity index (χ0) is 14.4. The zero-order valence-corrected chi connectivity index (χ0v) is 12.9. The Kier molecular flexibility index (Phi) is 5.62. The average molecular weight is 274 g/mol. The first-order valence-electron chi connectivity index (χ1n) is 7.66. The molecule has 0 aliphatic carbocycles. The van der Waals surface area contributed by atoms with Crippen LogP contribution in [0.1, 0.15) is 38.5 Å². The van der Waals surface area contributed by atoms with E-state index in [1.807, 2.05) is 19.2 Å². The number of rotatable bonds is 8. The summed E-state index contributed by atoms with van der Waals surface area (Å²) in [7, 11) is 2.01. The summed E-state index contributed by atoms with van der Waals surface area (Å²) in [5, 5.41) is 4.57. The second-order valence-electron chi connectivity index (χ2n) is 5.27. The van der Waals surface area contributed by atoms with Crippen molar-refractivity contribution in [1.29, 1.82) is 0 Å². The van der Waals surface area contributed by atoms with Gasteiger partial charge in [0.2, 0.25) is 0 Å². The minimum absolute atomic E-state index is 0.249. The molecule has 2 aromatic rings. The summed E-state index contributed by atoms with van der Waals surface area (Å²) in [6, 6.07) is 10.6. The predicted octanol–water partition coefficient (Wildman–Crippen LogP) is 3.82. The molecule has 1 aromatic carbocycles. The van der Waals surface area contributed by atoms with Crippen molar-refractivity contribution in [3.63, 3.8) is 0 Å². The third-order valence-corrected chi connectivity index (χ3v) is 3.85. The molecule has 1 N–H and O–H groups in total. The summed E-state index contributed by atoms with van der Waals surface area (Å²) in [6.07, 6.45) is 2.50. The molecule has 1 aromatic heterocycles. The molecular formula is C17H26N2O. The average Bonchev–Trinajstić information content (AvgIpc) is 2.91. The van der Waals surface area contributed by atoms with E-state index < -0.39 is 0 Å². The maximum atomic E-state index is 5.98. The Morgan fingerprint density at radius 3 is 2.70 bits per heavy atom. The fourth-order valence-corrected chi connectivity index (χ4v) is 2.52. The van der Waals surface area contributed by atoms with Gasteiger partial charge in [-0.2, -0.15) is 0 Å². The maximum absolute atomic E-state index is 5.98. The van der Waals surface area contributed by atoms with E-state index in [9.17, 15) is 0 Å². The highest BCUT2D eigenvalue weighted by Gasteiger charge is 2.17. The number of benzene rings is 1. The SMILES string of the molecule is CCCCN(CC)CC(NC)c1cc2ccccc2o1. The van der Waals surface area contributed by atoms with Crippen molar-refractivity contribution in [3.8, 4) is 0 Å². The smallest absolute Gasteiger partial charge is 0.134 e. The molecule has 0 saturated heterocycles. The molecule has 1 unspecified atom stereocenters. The van der Waals surface area contributed by atoms with E-state index in [-0.39, 0.29) is 6.04 Å². The van der Waals surface area contributed by atoms with Gasteiger partial charge in [0, 0.05) is 11.9 Å². The first kappa shape index (κ1) is 15.1. The number of nitrogens with one attached hydrogen (secondary N) is 1. The van der Waals surface area contributed by atoms with Crippen LogP contribution in [0.3, 0.4) is 0 Å². The fourth-order valence-electron chi connectivity index (χ4n) is 2.52. The van der Waals surface area contributed by atoms with Crippen molar-refractivity contribution in [2.75, 3.05) is 26.7 Å². The van der Waals surface area contributed by atoms with Crippen LogP contribution in [-0.4, -0.2) is 31.6 Å². The second kappa shape index (κ2) is 7.46. The first-order chi connectivity index (χ1) is 9.78. The Balaban J connectivity index is 2.10. The molecule has 0 fully saturated rings. The van der Waals surface area contributed by atoms with E-state index in [1.54, 1.807) is 0 Å². The van der Waals surface area contributed by atoms with Gasteiger partial charge in [-0.15, -0.1) is 0 Å². The van der Waals surface area contributed by atoms with E-state index in [0.29, 0.717) is 0 Å². The van der Waals surface area contributed by atoms with Gasteiger partial charge in [-0.25, -0.2) is 0 Å². The number of hydrogen-bond donors (Lipinski definition) is 1. The zero-order valence-electron chi connectivity index (χ0n) is 12.9. The molecule has 0 amide bonds. The largest absolute Gasteiger partial charge is 0.459 e. The van der Waals surface area contributed by atoms with Crippen molar-refractivity contribution in [2.45, 2.75) is 32.7 Å². The molecule has 0 radical (unpaired) electrons. The number of likely N-dealkylation sites (N-methyl/N-ethyl adjacent to an activating group) is 2. The molecule has 1 atom stereocenters. The number of hydrogen-bond acceptors (Lipinski definition) is 3. The summed E-state index contributed by atoms with van der Waals surface area (Å²) in [5.41, 5.74) is 0.972. The summed E-state index contributed by atoms with van der Waals surface area (Å²) in [5.74, 6) is 1.03. The van der Waals surface area contributed by atoms with Gasteiger partial charge in [-0.3, -0.25) is 0 Å². The minimum Gasteiger partial charge on any atom is -0.459 e. The van der Waals surface area contributed by atoms with Gasteiger partial charge < -0.3 is 14.6 Å². The first-order valence-corrected chi connectivity index (χ1v) is 7.66. The van der Waals surface area contributed by atoms with Crippen LogP contribution in [0.4, 0.5) is 0 Å². The Hall–Kier alpha value is -1.32. The number of para-hydroxylation sites is 1. The van der Waals surface area contributed by atoms with Crippen molar-refractivity contribution in [3.05, 3.63) is 36.1 Å². The van der Waals surface area contributed by atoms with Crippen LogP contribution in [0.5, 0.6) is 0 Å². The van der Waals surface area contributed by atoms with Crippen LogP contribution in [0.25, 0.3) is 11.0 Å². The quantitative estimate of drug-likeness (QED) is 0.793. The summed E-state index contributed by atoms with van der Waals surface area (Å²) >= 11 is 0. The maximum Gasteiger partial charge on any atom is 0.134 e. The van der Waals surface area contributed by atoms with Gasteiger partial charge in [0.25, 0.3) is 0 Å². The molecule has 0 spiro atoms. The van der Waals surface area contributed by atoms with Crippen molar-refractivity contribution >= 4 is 11.0 Å². The molecule has 3 nitrogen and oxygen atoms in total. The molecule has 2 rings (SSSR count). The molecule has 0 saturated carbocycles. The van der Waals surface area contributed by atoms with Crippen LogP contribution in [0, 0.1) is 0 Å². The molecule has 20 heavy (non-hydrogen) atoms. The van der Waals surface area contributed by atoms with Crippen molar-refractivity contribution < 1.29 is 4.42 Å². The van der Waals surface area contributed by atoms with Gasteiger partial charge in [-0.1, -0.05) is 38.5 Å². The monoisotopic (exact) mass is 274 g/mol. The molecule has 110 valence electrons. The minimum atomic E-state index is 0.249. The van der Waals surface area contributed by atoms with Crippen LogP contribution >= 0.6 is 0 Å². The standard InChI is InChI=1S/C17H26N2O/c1-4-6-11-19(5-2)13-15(18-3)17-12-14-9-7-8-10-16(14)20-17/h7-10,12,15,18H,4-6,11,13H2,1-3H3. The Morgan fingerprint density at radius 1 is 1.25 bits per heavy atom. The van der Waals surface area contributed by atoms with Gasteiger partial charge >= 0.3 is 0 Å². The van der Waals surface area contributed by atoms with Crippen LogP contribution in [-0.2, 0) is 0 Å². The van der Waals surface area contributed by atoms with Crippen molar-refractivity contribution in [1.82, 2.24) is 10.2 Å². The highest BCUT2D eigenvalue weighted by Crippen LogP contribution is 2.24. The highest BCUT2D eigenvalue weighted by molar-refractivity contribution is 5.77. The lowest BCUT2D eigenvalue weighted by atomic mass is 10.1. The van der Waals surface area contributed by atoms with E-state index in [2.05, 4.69) is 42.3 Å². The van der Waals surface area contributed by atoms with Crippen LogP contribution < -0.4 is 5.32 Å².